The summed E-state index contributed by atoms with van der Waals surface area (Å²) < 4.78 is 14.4. The summed E-state index contributed by atoms with van der Waals surface area (Å²) in [7, 11) is 0. The van der Waals surface area contributed by atoms with Crippen molar-refractivity contribution in [2.24, 2.45) is 11.5 Å². The van der Waals surface area contributed by atoms with Gasteiger partial charge in [0.1, 0.15) is 5.82 Å². The fourth-order valence-corrected chi connectivity index (χ4v) is 2.51. The van der Waals surface area contributed by atoms with Gasteiger partial charge in [-0.2, -0.15) is 0 Å². The van der Waals surface area contributed by atoms with Gasteiger partial charge >= 0.3 is 0 Å². The Kier molecular flexibility index (Phi) is 5.18. The van der Waals surface area contributed by atoms with Crippen molar-refractivity contribution in [1.29, 1.82) is 0 Å². The Morgan fingerprint density at radius 2 is 1.96 bits per heavy atom. The van der Waals surface area contributed by atoms with Crippen LogP contribution in [0.4, 0.5) is 21.7 Å². The van der Waals surface area contributed by atoms with Gasteiger partial charge in [0.15, 0.2) is 11.6 Å². The second-order valence-corrected chi connectivity index (χ2v) is 6.41. The van der Waals surface area contributed by atoms with Crippen LogP contribution in [0.1, 0.15) is 24.2 Å². The molecule has 1 aromatic carbocycles. The molecule has 0 aliphatic rings. The van der Waals surface area contributed by atoms with Crippen molar-refractivity contribution in [3.05, 3.63) is 54.0 Å². The maximum atomic E-state index is 14.4. The van der Waals surface area contributed by atoms with E-state index in [4.69, 9.17) is 11.5 Å². The molecule has 7 nitrogen and oxygen atoms in total. The summed E-state index contributed by atoms with van der Waals surface area (Å²) in [5.41, 5.74) is 12.7. The molecule has 6 N–H and O–H groups in total. The quantitative estimate of drug-likeness (QED) is 0.531. The first-order valence-corrected chi connectivity index (χ1v) is 8.49. The van der Waals surface area contributed by atoms with Crippen molar-refractivity contribution in [1.82, 2.24) is 9.97 Å². The average molecular weight is 368 g/mol. The summed E-state index contributed by atoms with van der Waals surface area (Å²) in [6.07, 6.45) is 1.71. The number of carbonyl (C=O) groups is 1. The van der Waals surface area contributed by atoms with E-state index in [1.165, 1.54) is 0 Å². The number of halogens is 1. The Morgan fingerprint density at radius 3 is 2.67 bits per heavy atom. The van der Waals surface area contributed by atoms with E-state index in [2.05, 4.69) is 20.6 Å². The van der Waals surface area contributed by atoms with Crippen molar-refractivity contribution in [3.63, 3.8) is 0 Å². The Bertz CT molecular complexity index is 991. The molecule has 0 saturated carbocycles. The highest BCUT2D eigenvalue weighted by molar-refractivity contribution is 5.99. The number of nitrogens with zero attached hydrogens (tertiary/aromatic N) is 2. The first-order valence-electron chi connectivity index (χ1n) is 8.49. The second kappa shape index (κ2) is 7.55. The first-order chi connectivity index (χ1) is 12.8. The van der Waals surface area contributed by atoms with Gasteiger partial charge in [-0.05, 0) is 44.2 Å². The molecular weight excluding hydrogens is 347 g/mol. The molecule has 0 aliphatic carbocycles. The summed E-state index contributed by atoms with van der Waals surface area (Å²) in [6, 6.07) is 9.86. The van der Waals surface area contributed by atoms with Crippen LogP contribution in [-0.4, -0.2) is 28.0 Å². The molecule has 27 heavy (non-hydrogen) atoms. The summed E-state index contributed by atoms with van der Waals surface area (Å²) in [5, 5.41) is 6.87. The van der Waals surface area contributed by atoms with E-state index in [1.54, 1.807) is 19.2 Å². The van der Waals surface area contributed by atoms with E-state index in [0.29, 0.717) is 5.69 Å². The zero-order valence-electron chi connectivity index (χ0n) is 15.0. The van der Waals surface area contributed by atoms with Crippen LogP contribution < -0.4 is 22.1 Å². The van der Waals surface area contributed by atoms with E-state index in [1.807, 2.05) is 31.2 Å². The fraction of sp³-hybridized carbons (Fsp3) is 0.211. The standard InChI is InChI=1S/C19H21FN6O/c1-10(21)11(2)24-19-15(20)9-14(17(22)27)18(26-19)25-13-5-6-16-12(8-13)4-3-7-23-16/h3-11H,21H2,1-2H3,(H2,22,27)(H2,24,25,26)/t10-,11+/m0/s1. The van der Waals surface area contributed by atoms with E-state index >= 15 is 0 Å². The van der Waals surface area contributed by atoms with E-state index in [-0.39, 0.29) is 29.3 Å². The number of hydrogen-bond acceptors (Lipinski definition) is 6. The number of anilines is 3. The molecular formula is C19H21FN6O. The lowest BCUT2D eigenvalue weighted by molar-refractivity contribution is 0.100. The third-order valence-electron chi connectivity index (χ3n) is 4.26. The molecule has 0 bridgehead atoms. The topological polar surface area (TPSA) is 119 Å². The minimum absolute atomic E-state index is 0.00486. The van der Waals surface area contributed by atoms with Crippen LogP contribution in [0.5, 0.6) is 0 Å². The van der Waals surface area contributed by atoms with Gasteiger partial charge in [0.2, 0.25) is 0 Å². The molecule has 1 amide bonds. The third kappa shape index (κ3) is 4.12. The Morgan fingerprint density at radius 1 is 1.19 bits per heavy atom. The van der Waals surface area contributed by atoms with Crippen LogP contribution in [0.25, 0.3) is 10.9 Å². The summed E-state index contributed by atoms with van der Waals surface area (Å²) in [4.78, 5) is 20.2. The Labute approximate surface area is 156 Å². The normalized spacial score (nSPS) is 13.2. The number of primary amides is 1. The van der Waals surface area contributed by atoms with Crippen molar-refractivity contribution in [2.45, 2.75) is 25.9 Å². The molecule has 0 unspecified atom stereocenters. The number of aromatic nitrogens is 2. The van der Waals surface area contributed by atoms with Crippen LogP contribution in [0.2, 0.25) is 0 Å². The van der Waals surface area contributed by atoms with Crippen LogP contribution in [0, 0.1) is 5.82 Å². The van der Waals surface area contributed by atoms with E-state index in [9.17, 15) is 9.18 Å². The Balaban J connectivity index is 1.99. The van der Waals surface area contributed by atoms with Crippen LogP contribution in [0.3, 0.4) is 0 Å². The molecule has 0 saturated heterocycles. The van der Waals surface area contributed by atoms with Gasteiger partial charge in [0, 0.05) is 29.4 Å². The third-order valence-corrected chi connectivity index (χ3v) is 4.26. The van der Waals surface area contributed by atoms with E-state index in [0.717, 1.165) is 17.0 Å². The number of carbonyl (C=O) groups excluding carboxylic acids is 1. The number of fused-ring (bicyclic) bond motifs is 1. The summed E-state index contributed by atoms with van der Waals surface area (Å²) >= 11 is 0. The highest BCUT2D eigenvalue weighted by Crippen LogP contribution is 2.26. The summed E-state index contributed by atoms with van der Waals surface area (Å²) in [6.45, 7) is 3.62. The zero-order chi connectivity index (χ0) is 19.6. The maximum Gasteiger partial charge on any atom is 0.252 e. The molecule has 0 aliphatic heterocycles. The predicted octanol–water partition coefficient (Wildman–Crippen LogP) is 2.76. The molecule has 140 valence electrons. The number of nitrogens with one attached hydrogen (secondary N) is 2. The van der Waals surface area contributed by atoms with Gasteiger partial charge in [-0.15, -0.1) is 0 Å². The fourth-order valence-electron chi connectivity index (χ4n) is 2.51. The monoisotopic (exact) mass is 368 g/mol. The first kappa shape index (κ1) is 18.5. The number of benzene rings is 1. The predicted molar refractivity (Wildman–Crippen MR) is 104 cm³/mol. The van der Waals surface area contributed by atoms with Crippen LogP contribution in [-0.2, 0) is 0 Å². The minimum Gasteiger partial charge on any atom is -0.365 e. The highest BCUT2D eigenvalue weighted by Gasteiger charge is 2.18. The van der Waals surface area contributed by atoms with Crippen molar-refractivity contribution in [3.8, 4) is 0 Å². The molecule has 2 aromatic heterocycles. The van der Waals surface area contributed by atoms with Crippen LogP contribution >= 0.6 is 0 Å². The molecule has 3 rings (SSSR count). The highest BCUT2D eigenvalue weighted by atomic mass is 19.1. The minimum atomic E-state index is -0.779. The second-order valence-electron chi connectivity index (χ2n) is 6.41. The lowest BCUT2D eigenvalue weighted by atomic mass is 10.1. The lowest BCUT2D eigenvalue weighted by Crippen LogP contribution is -2.35. The average Bonchev–Trinajstić information content (AvgIpc) is 2.63. The van der Waals surface area contributed by atoms with Gasteiger partial charge in [-0.1, -0.05) is 6.07 Å². The number of pyridine rings is 2. The largest absolute Gasteiger partial charge is 0.365 e. The van der Waals surface area contributed by atoms with Gasteiger partial charge in [0.25, 0.3) is 5.91 Å². The zero-order valence-corrected chi connectivity index (χ0v) is 15.0. The summed E-state index contributed by atoms with van der Waals surface area (Å²) in [5.74, 6) is -1.30. The smallest absolute Gasteiger partial charge is 0.252 e. The van der Waals surface area contributed by atoms with Gasteiger partial charge in [-0.25, -0.2) is 9.37 Å². The van der Waals surface area contributed by atoms with Crippen LogP contribution in [0.15, 0.2) is 42.6 Å². The molecule has 2 heterocycles. The number of nitrogens with two attached hydrogens (primary N) is 2. The van der Waals surface area contributed by atoms with Crippen molar-refractivity contribution >= 4 is 34.1 Å². The molecule has 2 atom stereocenters. The van der Waals surface area contributed by atoms with Gasteiger partial charge in [0.05, 0.1) is 11.1 Å². The van der Waals surface area contributed by atoms with Crippen molar-refractivity contribution < 1.29 is 9.18 Å². The lowest BCUT2D eigenvalue weighted by Gasteiger charge is -2.20. The Hall–Kier alpha value is -3.26. The molecule has 3 aromatic rings. The van der Waals surface area contributed by atoms with Crippen molar-refractivity contribution in [2.75, 3.05) is 10.6 Å². The van der Waals surface area contributed by atoms with E-state index < -0.39 is 11.7 Å². The number of hydrogen-bond donors (Lipinski definition) is 4. The SMILES string of the molecule is C[C@H](N)[C@@H](C)Nc1nc(Nc2ccc3ncccc3c2)c(C(N)=O)cc1F. The molecule has 0 fully saturated rings. The van der Waals surface area contributed by atoms with Gasteiger partial charge < -0.3 is 22.1 Å². The molecule has 0 radical (unpaired) electrons. The number of amides is 1. The number of rotatable bonds is 6. The molecule has 8 heteroatoms. The van der Waals surface area contributed by atoms with Gasteiger partial charge in [-0.3, -0.25) is 9.78 Å². The molecule has 0 spiro atoms. The maximum absolute atomic E-state index is 14.4.